The molecule has 0 radical (unpaired) electrons. The molecule has 2 N–H and O–H groups in total. The van der Waals surface area contributed by atoms with Gasteiger partial charge in [-0.2, -0.15) is 0 Å². The highest BCUT2D eigenvalue weighted by Crippen LogP contribution is 2.22. The van der Waals surface area contributed by atoms with Gasteiger partial charge in [0.15, 0.2) is 0 Å². The van der Waals surface area contributed by atoms with Crippen LogP contribution in [0.1, 0.15) is 22.3 Å². The van der Waals surface area contributed by atoms with Crippen LogP contribution in [0.4, 0.5) is 5.69 Å². The Morgan fingerprint density at radius 3 is 2.77 bits per heavy atom. The van der Waals surface area contributed by atoms with Gasteiger partial charge in [-0.05, 0) is 48.4 Å². The van der Waals surface area contributed by atoms with E-state index in [2.05, 4.69) is 5.92 Å². The number of fused-ring (bicyclic) bond motifs is 1. The van der Waals surface area contributed by atoms with Crippen molar-refractivity contribution >= 4 is 16.7 Å². The monoisotopic (exact) mass is 289 g/mol. The van der Waals surface area contributed by atoms with Crippen LogP contribution < -0.4 is 11.4 Å². The summed E-state index contributed by atoms with van der Waals surface area (Å²) < 4.78 is 5.42. The zero-order valence-electron chi connectivity index (χ0n) is 12.2. The van der Waals surface area contributed by atoms with Gasteiger partial charge in [0, 0.05) is 28.6 Å². The van der Waals surface area contributed by atoms with Gasteiger partial charge in [-0.1, -0.05) is 18.1 Å². The van der Waals surface area contributed by atoms with Crippen LogP contribution in [0, 0.1) is 19.3 Å². The van der Waals surface area contributed by atoms with Crippen molar-refractivity contribution in [3.63, 3.8) is 0 Å². The summed E-state index contributed by atoms with van der Waals surface area (Å²) in [6.45, 7) is 1.92. The average Bonchev–Trinajstić information content (AvgIpc) is 2.51. The second-order valence-corrected chi connectivity index (χ2v) is 5.27. The van der Waals surface area contributed by atoms with E-state index in [-0.39, 0.29) is 5.63 Å². The molecule has 0 fully saturated rings. The van der Waals surface area contributed by atoms with Crippen LogP contribution in [0.2, 0.25) is 0 Å². The first-order valence-corrected chi connectivity index (χ1v) is 6.96. The molecular weight excluding hydrogens is 274 g/mol. The summed E-state index contributed by atoms with van der Waals surface area (Å²) >= 11 is 0. The van der Waals surface area contributed by atoms with Crippen molar-refractivity contribution < 1.29 is 4.42 Å². The zero-order chi connectivity index (χ0) is 15.7. The summed E-state index contributed by atoms with van der Waals surface area (Å²) in [6, 6.07) is 12.9. The summed E-state index contributed by atoms with van der Waals surface area (Å²) in [4.78, 5) is 12.3. The quantitative estimate of drug-likeness (QED) is 0.447. The van der Waals surface area contributed by atoms with Crippen molar-refractivity contribution in [1.82, 2.24) is 0 Å². The second kappa shape index (κ2) is 5.42. The Balaban J connectivity index is 2.17. The molecular formula is C19H15NO2. The van der Waals surface area contributed by atoms with Gasteiger partial charge in [-0.3, -0.25) is 0 Å². The lowest BCUT2D eigenvalue weighted by atomic mass is 9.98. The Labute approximate surface area is 128 Å². The topological polar surface area (TPSA) is 56.2 Å². The Morgan fingerprint density at radius 2 is 2.05 bits per heavy atom. The van der Waals surface area contributed by atoms with E-state index >= 15 is 0 Å². The van der Waals surface area contributed by atoms with Gasteiger partial charge in [0.1, 0.15) is 5.58 Å². The van der Waals surface area contributed by atoms with Crippen molar-refractivity contribution in [3.05, 3.63) is 75.1 Å². The van der Waals surface area contributed by atoms with Crippen molar-refractivity contribution in [3.8, 4) is 12.3 Å². The van der Waals surface area contributed by atoms with Crippen LogP contribution in [-0.2, 0) is 6.42 Å². The minimum Gasteiger partial charge on any atom is -0.423 e. The molecule has 0 unspecified atom stereocenters. The molecule has 108 valence electrons. The van der Waals surface area contributed by atoms with E-state index in [1.54, 1.807) is 12.1 Å². The number of nitrogen functional groups attached to an aromatic ring is 1. The highest BCUT2D eigenvalue weighted by molar-refractivity contribution is 5.82. The van der Waals surface area contributed by atoms with Gasteiger partial charge in [0.25, 0.3) is 0 Å². The first-order chi connectivity index (χ1) is 10.6. The molecule has 0 amide bonds. The number of aryl methyl sites for hydroxylation is 1. The van der Waals surface area contributed by atoms with Crippen LogP contribution >= 0.6 is 0 Å². The summed E-state index contributed by atoms with van der Waals surface area (Å²) in [5.74, 6) is 2.60. The first-order valence-electron chi connectivity index (χ1n) is 6.96. The van der Waals surface area contributed by atoms with Crippen molar-refractivity contribution in [2.45, 2.75) is 13.3 Å². The molecule has 0 aliphatic rings. The van der Waals surface area contributed by atoms with Crippen LogP contribution in [-0.4, -0.2) is 0 Å². The van der Waals surface area contributed by atoms with Gasteiger partial charge >= 0.3 is 5.63 Å². The fraction of sp³-hybridized carbons (Fsp3) is 0.105. The number of terminal acetylenes is 1. The molecule has 0 saturated heterocycles. The van der Waals surface area contributed by atoms with E-state index in [1.165, 1.54) is 0 Å². The Morgan fingerprint density at radius 1 is 1.23 bits per heavy atom. The predicted octanol–water partition coefficient (Wildman–Crippen LogP) is 3.26. The lowest BCUT2D eigenvalue weighted by Gasteiger charge is -2.08. The molecule has 1 aromatic heterocycles. The molecule has 1 heterocycles. The van der Waals surface area contributed by atoms with Crippen molar-refractivity contribution in [1.29, 1.82) is 0 Å². The number of anilines is 1. The molecule has 0 bridgehead atoms. The van der Waals surface area contributed by atoms with Gasteiger partial charge < -0.3 is 10.2 Å². The molecule has 3 aromatic rings. The van der Waals surface area contributed by atoms with E-state index in [0.29, 0.717) is 23.3 Å². The lowest BCUT2D eigenvalue weighted by Crippen LogP contribution is -2.11. The highest BCUT2D eigenvalue weighted by Gasteiger charge is 2.12. The van der Waals surface area contributed by atoms with Gasteiger partial charge in [0.05, 0.1) is 0 Å². The number of hydrogen-bond acceptors (Lipinski definition) is 3. The van der Waals surface area contributed by atoms with Gasteiger partial charge in [-0.15, -0.1) is 6.42 Å². The predicted molar refractivity (Wildman–Crippen MR) is 88.8 cm³/mol. The number of rotatable bonds is 2. The molecule has 0 spiro atoms. The highest BCUT2D eigenvalue weighted by atomic mass is 16.4. The van der Waals surface area contributed by atoms with Crippen LogP contribution in [0.5, 0.6) is 0 Å². The molecule has 0 aliphatic heterocycles. The molecule has 3 nitrogen and oxygen atoms in total. The molecule has 22 heavy (non-hydrogen) atoms. The molecule has 2 aromatic carbocycles. The third-order valence-electron chi connectivity index (χ3n) is 3.78. The summed E-state index contributed by atoms with van der Waals surface area (Å²) in [7, 11) is 0. The number of nitrogens with two attached hydrogens (primary N) is 1. The van der Waals surface area contributed by atoms with E-state index in [9.17, 15) is 4.79 Å². The normalized spacial score (nSPS) is 10.5. The fourth-order valence-electron chi connectivity index (χ4n) is 2.59. The Kier molecular flexibility index (Phi) is 3.44. The van der Waals surface area contributed by atoms with Crippen LogP contribution in [0.25, 0.3) is 11.0 Å². The van der Waals surface area contributed by atoms with E-state index in [1.807, 2.05) is 37.3 Å². The van der Waals surface area contributed by atoms with Crippen molar-refractivity contribution in [2.24, 2.45) is 0 Å². The maximum Gasteiger partial charge on any atom is 0.340 e. The van der Waals surface area contributed by atoms with Crippen LogP contribution in [0.3, 0.4) is 0 Å². The SMILES string of the molecule is C#Cc1ccc2oc(=O)c(Cc3cccc(N)c3)c(C)c2c1. The van der Waals surface area contributed by atoms with E-state index in [4.69, 9.17) is 16.6 Å². The number of hydrogen-bond donors (Lipinski definition) is 1. The molecule has 3 rings (SSSR count). The maximum absolute atomic E-state index is 12.3. The Bertz CT molecular complexity index is 961. The van der Waals surface area contributed by atoms with E-state index in [0.717, 1.165) is 22.1 Å². The zero-order valence-corrected chi connectivity index (χ0v) is 12.2. The summed E-state index contributed by atoms with van der Waals surface area (Å²) in [6.07, 6.45) is 5.92. The smallest absolute Gasteiger partial charge is 0.340 e. The fourth-order valence-corrected chi connectivity index (χ4v) is 2.59. The third-order valence-corrected chi connectivity index (χ3v) is 3.78. The maximum atomic E-state index is 12.3. The Hall–Kier alpha value is -2.99. The standard InChI is InChI=1S/C19H15NO2/c1-3-13-7-8-18-16(10-13)12(2)17(19(21)22-18)11-14-5-4-6-15(20)9-14/h1,4-10H,11,20H2,2H3. The molecule has 3 heteroatoms. The minimum atomic E-state index is -0.319. The first kappa shape index (κ1) is 14.0. The minimum absolute atomic E-state index is 0.319. The molecule has 0 saturated carbocycles. The van der Waals surface area contributed by atoms with Gasteiger partial charge in [0.2, 0.25) is 0 Å². The van der Waals surface area contributed by atoms with Gasteiger partial charge in [-0.25, -0.2) is 4.79 Å². The molecule has 0 atom stereocenters. The summed E-state index contributed by atoms with van der Waals surface area (Å²) in [5.41, 5.74) is 9.97. The summed E-state index contributed by atoms with van der Waals surface area (Å²) in [5, 5.41) is 0.869. The average molecular weight is 289 g/mol. The van der Waals surface area contributed by atoms with Crippen LogP contribution in [0.15, 0.2) is 51.7 Å². The largest absolute Gasteiger partial charge is 0.423 e. The van der Waals surface area contributed by atoms with E-state index < -0.39 is 0 Å². The third kappa shape index (κ3) is 2.47. The lowest BCUT2D eigenvalue weighted by molar-refractivity contribution is 0.551. The number of benzene rings is 2. The molecule has 0 aliphatic carbocycles. The second-order valence-electron chi connectivity index (χ2n) is 5.27. The van der Waals surface area contributed by atoms with Crippen molar-refractivity contribution in [2.75, 3.05) is 5.73 Å².